The summed E-state index contributed by atoms with van der Waals surface area (Å²) in [5.74, 6) is 1.50. The fourth-order valence-electron chi connectivity index (χ4n) is 3.50. The predicted molar refractivity (Wildman–Crippen MR) is 89.5 cm³/mol. The second kappa shape index (κ2) is 8.73. The van der Waals surface area contributed by atoms with Crippen LogP contribution in [0, 0.1) is 23.2 Å². The summed E-state index contributed by atoms with van der Waals surface area (Å²) in [7, 11) is 0. The molecule has 0 heterocycles. The molecule has 0 aromatic heterocycles. The molecule has 0 spiro atoms. The van der Waals surface area contributed by atoms with Gasteiger partial charge in [0, 0.05) is 12.3 Å². The third-order valence-corrected chi connectivity index (χ3v) is 4.98. The van der Waals surface area contributed by atoms with Crippen LogP contribution < -0.4 is 0 Å². The van der Waals surface area contributed by atoms with Gasteiger partial charge < -0.3 is 0 Å². The van der Waals surface area contributed by atoms with Crippen molar-refractivity contribution in [2.75, 3.05) is 0 Å². The summed E-state index contributed by atoms with van der Waals surface area (Å²) in [6, 6.07) is 9.53. The van der Waals surface area contributed by atoms with Gasteiger partial charge in [0.1, 0.15) is 5.78 Å². The van der Waals surface area contributed by atoms with Crippen molar-refractivity contribution in [1.82, 2.24) is 0 Å². The summed E-state index contributed by atoms with van der Waals surface area (Å²) in [6.45, 7) is 2.25. The summed E-state index contributed by atoms with van der Waals surface area (Å²) in [6.07, 6.45) is 10.5. The van der Waals surface area contributed by atoms with Crippen molar-refractivity contribution in [2.45, 2.75) is 64.7 Å². The lowest BCUT2D eigenvalue weighted by atomic mass is 9.77. The van der Waals surface area contributed by atoms with Crippen LogP contribution in [0.3, 0.4) is 0 Å². The Bertz CT molecular complexity index is 504. The van der Waals surface area contributed by atoms with Crippen LogP contribution in [0.4, 0.5) is 0 Å². The number of carbonyl (C=O) groups is 1. The molecule has 0 aliphatic heterocycles. The Hall–Kier alpha value is -1.62. The molecular weight excluding hydrogens is 270 g/mol. The van der Waals surface area contributed by atoms with E-state index in [2.05, 4.69) is 13.0 Å². The average Bonchev–Trinajstić information content (AvgIpc) is 2.56. The van der Waals surface area contributed by atoms with Crippen molar-refractivity contribution >= 4 is 5.78 Å². The molecule has 1 aromatic carbocycles. The SMILES string of the molecule is CCCCCC1CCC(C(=O)Cc2ccc(C#N)cc2)CC1. The zero-order valence-electron chi connectivity index (χ0n) is 13.7. The average molecular weight is 297 g/mol. The maximum Gasteiger partial charge on any atom is 0.140 e. The van der Waals surface area contributed by atoms with Gasteiger partial charge in [0.15, 0.2) is 0 Å². The van der Waals surface area contributed by atoms with Gasteiger partial charge in [-0.2, -0.15) is 5.26 Å². The van der Waals surface area contributed by atoms with Crippen LogP contribution >= 0.6 is 0 Å². The first-order chi connectivity index (χ1) is 10.7. The second-order valence-corrected chi connectivity index (χ2v) is 6.67. The topological polar surface area (TPSA) is 40.9 Å². The minimum Gasteiger partial charge on any atom is -0.299 e. The highest BCUT2D eigenvalue weighted by atomic mass is 16.1. The molecule has 0 N–H and O–H groups in total. The number of Topliss-reactive ketones (excluding diaryl/α,β-unsaturated/α-hetero) is 1. The van der Waals surface area contributed by atoms with Gasteiger partial charge in [0.25, 0.3) is 0 Å². The number of carbonyl (C=O) groups excluding carboxylic acids is 1. The van der Waals surface area contributed by atoms with Crippen molar-refractivity contribution in [3.05, 3.63) is 35.4 Å². The lowest BCUT2D eigenvalue weighted by molar-refractivity contribution is -0.123. The Morgan fingerprint density at radius 3 is 2.41 bits per heavy atom. The second-order valence-electron chi connectivity index (χ2n) is 6.67. The smallest absolute Gasteiger partial charge is 0.140 e. The van der Waals surface area contributed by atoms with Crippen molar-refractivity contribution < 1.29 is 4.79 Å². The monoisotopic (exact) mass is 297 g/mol. The highest BCUT2D eigenvalue weighted by molar-refractivity contribution is 5.83. The first-order valence-electron chi connectivity index (χ1n) is 8.74. The lowest BCUT2D eigenvalue weighted by Crippen LogP contribution is -2.23. The molecule has 0 saturated heterocycles. The van der Waals surface area contributed by atoms with Crippen LogP contribution in [0.25, 0.3) is 0 Å². The molecule has 1 aliphatic carbocycles. The van der Waals surface area contributed by atoms with Crippen molar-refractivity contribution in [2.24, 2.45) is 11.8 Å². The van der Waals surface area contributed by atoms with Gasteiger partial charge in [0.05, 0.1) is 11.6 Å². The summed E-state index contributed by atoms with van der Waals surface area (Å²) >= 11 is 0. The van der Waals surface area contributed by atoms with E-state index in [1.54, 1.807) is 12.1 Å². The molecule has 1 aromatic rings. The first kappa shape index (κ1) is 16.7. The number of hydrogen-bond acceptors (Lipinski definition) is 2. The molecule has 0 bridgehead atoms. The molecule has 118 valence electrons. The standard InChI is InChI=1S/C20H27NO/c1-2-3-4-5-16-10-12-19(13-11-16)20(22)14-17-6-8-18(15-21)9-7-17/h6-9,16,19H,2-5,10-14H2,1H3. The zero-order chi connectivity index (χ0) is 15.8. The first-order valence-corrected chi connectivity index (χ1v) is 8.74. The Morgan fingerprint density at radius 1 is 1.14 bits per heavy atom. The minimum absolute atomic E-state index is 0.262. The molecule has 2 rings (SSSR count). The molecule has 22 heavy (non-hydrogen) atoms. The quantitative estimate of drug-likeness (QED) is 0.660. The van der Waals surface area contributed by atoms with E-state index in [9.17, 15) is 4.79 Å². The van der Waals surface area contributed by atoms with Crippen LogP contribution in [-0.4, -0.2) is 5.78 Å². The Balaban J connectivity index is 1.76. The van der Waals surface area contributed by atoms with Crippen LogP contribution in [-0.2, 0) is 11.2 Å². The van der Waals surface area contributed by atoms with Gasteiger partial charge in [-0.15, -0.1) is 0 Å². The Morgan fingerprint density at radius 2 is 1.82 bits per heavy atom. The molecule has 1 fully saturated rings. The number of nitrogens with zero attached hydrogens (tertiary/aromatic N) is 1. The summed E-state index contributed by atoms with van der Waals surface area (Å²) in [5, 5.41) is 8.80. The third-order valence-electron chi connectivity index (χ3n) is 4.98. The highest BCUT2D eigenvalue weighted by Crippen LogP contribution is 2.33. The van der Waals surface area contributed by atoms with E-state index in [0.29, 0.717) is 17.8 Å². The van der Waals surface area contributed by atoms with Gasteiger partial charge in [-0.25, -0.2) is 0 Å². The van der Waals surface area contributed by atoms with Gasteiger partial charge in [0.2, 0.25) is 0 Å². The molecular formula is C20H27NO. The van der Waals surface area contributed by atoms with E-state index in [1.165, 1.54) is 38.5 Å². The summed E-state index contributed by atoms with van der Waals surface area (Å²) in [5.41, 5.74) is 1.69. The van der Waals surface area contributed by atoms with Gasteiger partial charge in [-0.05, 0) is 49.3 Å². The number of rotatable bonds is 7. The number of hydrogen-bond donors (Lipinski definition) is 0. The Labute approximate surface area is 134 Å². The van der Waals surface area contributed by atoms with Crippen LogP contribution in [0.15, 0.2) is 24.3 Å². The molecule has 0 radical (unpaired) electrons. The highest BCUT2D eigenvalue weighted by Gasteiger charge is 2.25. The number of benzene rings is 1. The maximum atomic E-state index is 12.4. The number of unbranched alkanes of at least 4 members (excludes halogenated alkanes) is 2. The molecule has 0 atom stereocenters. The fourth-order valence-corrected chi connectivity index (χ4v) is 3.50. The normalized spacial score (nSPS) is 21.3. The van der Waals surface area contributed by atoms with Gasteiger partial charge in [-0.3, -0.25) is 4.79 Å². The molecule has 1 aliphatic rings. The number of nitriles is 1. The van der Waals surface area contributed by atoms with E-state index in [-0.39, 0.29) is 5.92 Å². The molecule has 2 nitrogen and oxygen atoms in total. The van der Waals surface area contributed by atoms with Crippen molar-refractivity contribution in [3.63, 3.8) is 0 Å². The van der Waals surface area contributed by atoms with Crippen LogP contribution in [0.2, 0.25) is 0 Å². The largest absolute Gasteiger partial charge is 0.299 e. The van der Waals surface area contributed by atoms with E-state index < -0.39 is 0 Å². The van der Waals surface area contributed by atoms with Crippen molar-refractivity contribution in [3.8, 4) is 6.07 Å². The molecule has 1 saturated carbocycles. The fraction of sp³-hybridized carbons (Fsp3) is 0.600. The number of ketones is 1. The maximum absolute atomic E-state index is 12.4. The van der Waals surface area contributed by atoms with Crippen molar-refractivity contribution in [1.29, 1.82) is 5.26 Å². The van der Waals surface area contributed by atoms with E-state index >= 15 is 0 Å². The summed E-state index contributed by atoms with van der Waals surface area (Å²) in [4.78, 5) is 12.4. The van der Waals surface area contributed by atoms with E-state index in [1.807, 2.05) is 12.1 Å². The minimum atomic E-state index is 0.262. The van der Waals surface area contributed by atoms with Crippen LogP contribution in [0.1, 0.15) is 69.4 Å². The zero-order valence-corrected chi connectivity index (χ0v) is 13.7. The molecule has 0 unspecified atom stereocenters. The summed E-state index contributed by atoms with van der Waals surface area (Å²) < 4.78 is 0. The molecule has 0 amide bonds. The van der Waals surface area contributed by atoms with E-state index in [4.69, 9.17) is 5.26 Å². The Kier molecular flexibility index (Phi) is 6.65. The van der Waals surface area contributed by atoms with Gasteiger partial charge in [-0.1, -0.05) is 44.7 Å². The predicted octanol–water partition coefficient (Wildman–Crippen LogP) is 5.06. The molecule has 2 heteroatoms. The third kappa shape index (κ3) is 4.98. The van der Waals surface area contributed by atoms with Gasteiger partial charge >= 0.3 is 0 Å². The lowest BCUT2D eigenvalue weighted by Gasteiger charge is -2.27. The van der Waals surface area contributed by atoms with E-state index in [0.717, 1.165) is 24.3 Å². The van der Waals surface area contributed by atoms with Crippen LogP contribution in [0.5, 0.6) is 0 Å².